The molecule has 0 saturated heterocycles. The van der Waals surface area contributed by atoms with E-state index in [9.17, 15) is 21.6 Å². The molecule has 1 aromatic heterocycles. The van der Waals surface area contributed by atoms with E-state index in [2.05, 4.69) is 10.0 Å². The highest BCUT2D eigenvalue weighted by Gasteiger charge is 2.34. The van der Waals surface area contributed by atoms with Crippen molar-refractivity contribution in [2.45, 2.75) is 26.1 Å². The van der Waals surface area contributed by atoms with E-state index < -0.39 is 32.3 Å². The van der Waals surface area contributed by atoms with E-state index in [1.807, 2.05) is 31.2 Å². The molecule has 0 bridgehead atoms. The molecule has 2 atom stereocenters. The molecule has 0 radical (unpaired) electrons. The lowest BCUT2D eigenvalue weighted by Gasteiger charge is -2.24. The van der Waals surface area contributed by atoms with Gasteiger partial charge in [0.15, 0.2) is 0 Å². The SMILES string of the molecule is CNC(=O)c1c(-c2ccc(C)cc2)oc2cc3c(cc12)C(C)OC(CNS(C)(=O)=O)CN3S(C)(=O)=O. The Labute approximate surface area is 210 Å². The van der Waals surface area contributed by atoms with Crippen LogP contribution in [0.2, 0.25) is 0 Å². The number of anilines is 1. The fourth-order valence-electron chi connectivity index (χ4n) is 4.31. The third kappa shape index (κ3) is 5.26. The first-order valence-electron chi connectivity index (χ1n) is 11.3. The van der Waals surface area contributed by atoms with Gasteiger partial charge in [-0.15, -0.1) is 0 Å². The van der Waals surface area contributed by atoms with Gasteiger partial charge in [-0.2, -0.15) is 0 Å². The number of hydrogen-bond acceptors (Lipinski definition) is 7. The Hall–Kier alpha value is -2.93. The Kier molecular flexibility index (Phi) is 6.90. The third-order valence-electron chi connectivity index (χ3n) is 6.05. The zero-order chi connectivity index (χ0) is 26.4. The molecule has 0 spiro atoms. The van der Waals surface area contributed by atoms with Crippen molar-refractivity contribution < 1.29 is 30.8 Å². The van der Waals surface area contributed by atoms with Crippen LogP contribution >= 0.6 is 0 Å². The number of carbonyl (C=O) groups is 1. The first-order chi connectivity index (χ1) is 16.8. The second-order valence-electron chi connectivity index (χ2n) is 8.97. The van der Waals surface area contributed by atoms with Crippen LogP contribution in [-0.2, 0) is 24.8 Å². The van der Waals surface area contributed by atoms with E-state index >= 15 is 0 Å². The summed E-state index contributed by atoms with van der Waals surface area (Å²) in [6.45, 7) is 3.52. The maximum absolute atomic E-state index is 12.9. The zero-order valence-corrected chi connectivity index (χ0v) is 22.3. The minimum Gasteiger partial charge on any atom is -0.455 e. The Morgan fingerprint density at radius 1 is 1.11 bits per heavy atom. The van der Waals surface area contributed by atoms with Crippen molar-refractivity contribution in [3.63, 3.8) is 0 Å². The predicted molar refractivity (Wildman–Crippen MR) is 138 cm³/mol. The highest BCUT2D eigenvalue weighted by molar-refractivity contribution is 7.92. The first-order valence-corrected chi connectivity index (χ1v) is 15.0. The number of rotatable bonds is 6. The predicted octanol–water partition coefficient (Wildman–Crippen LogP) is 2.54. The second-order valence-corrected chi connectivity index (χ2v) is 12.7. The molecule has 1 aliphatic rings. The molecule has 2 aromatic carbocycles. The van der Waals surface area contributed by atoms with Crippen LogP contribution < -0.4 is 14.3 Å². The van der Waals surface area contributed by atoms with Crippen LogP contribution in [0.25, 0.3) is 22.3 Å². The Balaban J connectivity index is 1.91. The van der Waals surface area contributed by atoms with Crippen LogP contribution in [0.5, 0.6) is 0 Å². The lowest BCUT2D eigenvalue weighted by Crippen LogP contribution is -2.42. The number of furan rings is 1. The normalized spacial score (nSPS) is 18.6. The number of nitrogens with zero attached hydrogens (tertiary/aromatic N) is 1. The average molecular weight is 536 g/mol. The van der Waals surface area contributed by atoms with Crippen LogP contribution in [0, 0.1) is 6.92 Å². The van der Waals surface area contributed by atoms with E-state index in [1.165, 1.54) is 11.4 Å². The fraction of sp³-hybridized carbons (Fsp3) is 0.375. The molecule has 3 aromatic rings. The summed E-state index contributed by atoms with van der Waals surface area (Å²) in [5, 5.41) is 3.17. The number of nitrogens with one attached hydrogen (secondary N) is 2. The molecule has 1 aliphatic heterocycles. The molecule has 2 unspecified atom stereocenters. The van der Waals surface area contributed by atoms with Crippen molar-refractivity contribution in [2.75, 3.05) is 37.0 Å². The van der Waals surface area contributed by atoms with Crippen molar-refractivity contribution in [1.82, 2.24) is 10.0 Å². The Bertz CT molecular complexity index is 1530. The summed E-state index contributed by atoms with van der Waals surface area (Å²) in [5.74, 6) is 0.0286. The van der Waals surface area contributed by atoms with E-state index in [-0.39, 0.29) is 19.0 Å². The summed E-state index contributed by atoms with van der Waals surface area (Å²) >= 11 is 0. The van der Waals surface area contributed by atoms with Crippen molar-refractivity contribution in [3.05, 3.63) is 53.1 Å². The van der Waals surface area contributed by atoms with Gasteiger partial charge in [-0.05, 0) is 19.9 Å². The Morgan fingerprint density at radius 2 is 1.78 bits per heavy atom. The molecule has 0 aliphatic carbocycles. The van der Waals surface area contributed by atoms with Crippen LogP contribution in [-0.4, -0.2) is 61.5 Å². The molecule has 2 heterocycles. The third-order valence-corrected chi connectivity index (χ3v) is 7.89. The highest BCUT2D eigenvalue weighted by atomic mass is 32.2. The van der Waals surface area contributed by atoms with Crippen molar-refractivity contribution in [3.8, 4) is 11.3 Å². The number of fused-ring (bicyclic) bond motifs is 2. The molecular weight excluding hydrogens is 506 g/mol. The molecule has 0 saturated carbocycles. The smallest absolute Gasteiger partial charge is 0.255 e. The number of ether oxygens (including phenoxy) is 1. The van der Waals surface area contributed by atoms with Crippen LogP contribution in [0.15, 0.2) is 40.8 Å². The molecule has 10 nitrogen and oxygen atoms in total. The minimum atomic E-state index is -3.77. The average Bonchev–Trinajstić information content (AvgIpc) is 3.09. The number of benzene rings is 2. The Morgan fingerprint density at radius 3 is 2.36 bits per heavy atom. The summed E-state index contributed by atoms with van der Waals surface area (Å²) in [4.78, 5) is 12.9. The fourth-order valence-corrected chi connectivity index (χ4v) is 5.75. The summed E-state index contributed by atoms with van der Waals surface area (Å²) in [5.41, 5.74) is 3.33. The zero-order valence-electron chi connectivity index (χ0n) is 20.7. The van der Waals surface area contributed by atoms with Crippen molar-refractivity contribution in [1.29, 1.82) is 0 Å². The van der Waals surface area contributed by atoms with Gasteiger partial charge in [-0.1, -0.05) is 29.8 Å². The molecule has 0 fully saturated rings. The van der Waals surface area contributed by atoms with Gasteiger partial charge >= 0.3 is 0 Å². The molecule has 36 heavy (non-hydrogen) atoms. The van der Waals surface area contributed by atoms with Gasteiger partial charge in [-0.25, -0.2) is 21.6 Å². The number of sulfonamides is 2. The maximum atomic E-state index is 12.9. The van der Waals surface area contributed by atoms with E-state index in [0.29, 0.717) is 39.1 Å². The molecule has 4 rings (SSSR count). The topological polar surface area (TPSA) is 135 Å². The molecule has 2 N–H and O–H groups in total. The number of aryl methyl sites for hydroxylation is 1. The summed E-state index contributed by atoms with van der Waals surface area (Å²) in [7, 11) is -5.74. The van der Waals surface area contributed by atoms with Gasteiger partial charge in [0.2, 0.25) is 20.0 Å². The van der Waals surface area contributed by atoms with Gasteiger partial charge in [0.25, 0.3) is 5.91 Å². The summed E-state index contributed by atoms with van der Waals surface area (Å²) in [6, 6.07) is 10.9. The molecule has 1 amide bonds. The lowest BCUT2D eigenvalue weighted by atomic mass is 10.00. The van der Waals surface area contributed by atoms with Crippen molar-refractivity contribution in [2.24, 2.45) is 0 Å². The quantitative estimate of drug-likeness (QED) is 0.495. The highest BCUT2D eigenvalue weighted by Crippen LogP contribution is 2.42. The molecule has 194 valence electrons. The van der Waals surface area contributed by atoms with E-state index in [1.54, 1.807) is 19.1 Å². The van der Waals surface area contributed by atoms with Gasteiger partial charge in [0.05, 0.1) is 42.5 Å². The van der Waals surface area contributed by atoms with E-state index in [0.717, 1.165) is 18.1 Å². The summed E-state index contributed by atoms with van der Waals surface area (Å²) < 4.78 is 64.6. The van der Waals surface area contributed by atoms with Gasteiger partial charge in [-0.3, -0.25) is 9.10 Å². The molecule has 12 heteroatoms. The number of amides is 1. The largest absolute Gasteiger partial charge is 0.455 e. The van der Waals surface area contributed by atoms with Crippen LogP contribution in [0.1, 0.15) is 34.5 Å². The lowest BCUT2D eigenvalue weighted by molar-refractivity contribution is 0.0101. The number of hydrogen-bond donors (Lipinski definition) is 2. The first kappa shape index (κ1) is 26.1. The second kappa shape index (κ2) is 9.51. The minimum absolute atomic E-state index is 0.0969. The van der Waals surface area contributed by atoms with Crippen LogP contribution in [0.4, 0.5) is 5.69 Å². The summed E-state index contributed by atoms with van der Waals surface area (Å²) in [6.07, 6.45) is 0.756. The standard InChI is InChI=1S/C24H29N3O7S2/c1-14-6-8-16(9-7-14)23-22(24(28)25-3)19-10-18-15(2)33-17(12-26-35(4,29)30)13-27(36(5,31)32)20(18)11-21(19)34-23/h6-11,15,17,26H,12-13H2,1-5H3,(H,25,28). The van der Waals surface area contributed by atoms with E-state index in [4.69, 9.17) is 9.15 Å². The van der Waals surface area contributed by atoms with Crippen LogP contribution in [0.3, 0.4) is 0 Å². The van der Waals surface area contributed by atoms with Gasteiger partial charge in [0.1, 0.15) is 11.3 Å². The molecular formula is C24H29N3O7S2. The van der Waals surface area contributed by atoms with Gasteiger partial charge < -0.3 is 14.5 Å². The van der Waals surface area contributed by atoms with Crippen molar-refractivity contribution >= 4 is 42.6 Å². The monoisotopic (exact) mass is 535 g/mol. The van der Waals surface area contributed by atoms with Gasteiger partial charge in [0, 0.05) is 36.2 Å². The number of carbonyl (C=O) groups excluding carboxylic acids is 1. The maximum Gasteiger partial charge on any atom is 0.255 e.